The van der Waals surface area contributed by atoms with Gasteiger partial charge in [0.15, 0.2) is 0 Å². The largest absolute Gasteiger partial charge is 0.478 e. The number of morpholine rings is 1. The summed E-state index contributed by atoms with van der Waals surface area (Å²) in [4.78, 5) is 10.9. The monoisotopic (exact) mass is 266 g/mol. The highest BCUT2D eigenvalue weighted by Crippen LogP contribution is 2.12. The second-order valence-electron chi connectivity index (χ2n) is 4.74. The van der Waals surface area contributed by atoms with Crippen molar-refractivity contribution in [3.8, 4) is 5.88 Å². The Kier molecular flexibility index (Phi) is 4.93. The van der Waals surface area contributed by atoms with Crippen molar-refractivity contribution >= 4 is 5.95 Å². The lowest BCUT2D eigenvalue weighted by molar-refractivity contribution is -0.0118. The summed E-state index contributed by atoms with van der Waals surface area (Å²) < 4.78 is 11.1. The number of aryl methyl sites for hydroxylation is 1. The Balaban J connectivity index is 1.91. The number of nitrogens with one attached hydrogen (secondary N) is 1. The number of ether oxygens (including phenoxy) is 2. The molecular formula is C13H22N4O2. The van der Waals surface area contributed by atoms with E-state index in [2.05, 4.69) is 27.2 Å². The average molecular weight is 266 g/mol. The van der Waals surface area contributed by atoms with Crippen LogP contribution >= 0.6 is 0 Å². The van der Waals surface area contributed by atoms with Gasteiger partial charge < -0.3 is 19.7 Å². The van der Waals surface area contributed by atoms with E-state index in [-0.39, 0.29) is 6.10 Å². The number of hydrogen-bond donors (Lipinski definition) is 1. The average Bonchev–Trinajstić information content (AvgIpc) is 2.36. The summed E-state index contributed by atoms with van der Waals surface area (Å²) in [6, 6.07) is 1.83. The Morgan fingerprint density at radius 1 is 1.53 bits per heavy atom. The van der Waals surface area contributed by atoms with Gasteiger partial charge >= 0.3 is 0 Å². The smallest absolute Gasteiger partial charge is 0.226 e. The summed E-state index contributed by atoms with van der Waals surface area (Å²) in [7, 11) is 2.10. The zero-order valence-corrected chi connectivity index (χ0v) is 11.8. The fourth-order valence-electron chi connectivity index (χ4n) is 2.04. The first-order valence-electron chi connectivity index (χ1n) is 6.70. The maximum atomic E-state index is 5.69. The van der Waals surface area contributed by atoms with Crippen LogP contribution in [0.2, 0.25) is 0 Å². The molecule has 0 amide bonds. The van der Waals surface area contributed by atoms with Gasteiger partial charge in [-0.2, -0.15) is 4.98 Å². The van der Waals surface area contributed by atoms with Crippen LogP contribution in [0.15, 0.2) is 6.07 Å². The Labute approximate surface area is 114 Å². The van der Waals surface area contributed by atoms with Crippen LogP contribution in [-0.2, 0) is 4.74 Å². The van der Waals surface area contributed by atoms with Gasteiger partial charge in [0.1, 0.15) is 0 Å². The van der Waals surface area contributed by atoms with E-state index in [9.17, 15) is 0 Å². The molecule has 1 saturated heterocycles. The molecule has 0 bridgehead atoms. The molecule has 106 valence electrons. The molecule has 1 aliphatic heterocycles. The van der Waals surface area contributed by atoms with Crippen LogP contribution in [0.1, 0.15) is 12.6 Å². The summed E-state index contributed by atoms with van der Waals surface area (Å²) in [6.45, 7) is 7.88. The Morgan fingerprint density at radius 2 is 2.37 bits per heavy atom. The molecule has 6 heteroatoms. The Morgan fingerprint density at radius 3 is 3.11 bits per heavy atom. The number of nitrogens with zero attached hydrogens (tertiary/aromatic N) is 3. The van der Waals surface area contributed by atoms with Crippen molar-refractivity contribution < 1.29 is 9.47 Å². The molecule has 0 saturated carbocycles. The van der Waals surface area contributed by atoms with Gasteiger partial charge in [-0.1, -0.05) is 0 Å². The lowest BCUT2D eigenvalue weighted by Gasteiger charge is -2.30. The van der Waals surface area contributed by atoms with Gasteiger partial charge in [-0.25, -0.2) is 4.98 Å². The first-order chi connectivity index (χ1) is 9.17. The van der Waals surface area contributed by atoms with Crippen molar-refractivity contribution in [2.75, 3.05) is 45.2 Å². The van der Waals surface area contributed by atoms with Crippen molar-refractivity contribution in [3.63, 3.8) is 0 Å². The molecule has 1 aliphatic rings. The summed E-state index contributed by atoms with van der Waals surface area (Å²) in [5.74, 6) is 1.21. The van der Waals surface area contributed by atoms with Gasteiger partial charge in [-0.15, -0.1) is 0 Å². The zero-order chi connectivity index (χ0) is 13.7. The molecular weight excluding hydrogens is 244 g/mol. The van der Waals surface area contributed by atoms with Crippen LogP contribution in [0.3, 0.4) is 0 Å². The molecule has 1 atom stereocenters. The molecule has 2 heterocycles. The van der Waals surface area contributed by atoms with E-state index in [0.29, 0.717) is 25.0 Å². The van der Waals surface area contributed by atoms with E-state index in [0.717, 1.165) is 25.4 Å². The predicted molar refractivity (Wildman–Crippen MR) is 73.7 cm³/mol. The number of hydrogen-bond acceptors (Lipinski definition) is 6. The second-order valence-corrected chi connectivity index (χ2v) is 4.74. The Bertz CT molecular complexity index is 414. The fraction of sp³-hybridized carbons (Fsp3) is 0.692. The van der Waals surface area contributed by atoms with Crippen LogP contribution in [0.5, 0.6) is 5.88 Å². The predicted octanol–water partition coefficient (Wildman–Crippen LogP) is 0.926. The van der Waals surface area contributed by atoms with E-state index in [1.807, 2.05) is 19.9 Å². The summed E-state index contributed by atoms with van der Waals surface area (Å²) in [5.41, 5.74) is 0.891. The number of aromatic nitrogens is 2. The third kappa shape index (κ3) is 4.33. The van der Waals surface area contributed by atoms with Crippen LogP contribution < -0.4 is 10.1 Å². The highest BCUT2D eigenvalue weighted by atomic mass is 16.5. The maximum absolute atomic E-state index is 5.69. The summed E-state index contributed by atoms with van der Waals surface area (Å²) in [6.07, 6.45) is 0.179. The minimum Gasteiger partial charge on any atom is -0.478 e. The van der Waals surface area contributed by atoms with Crippen molar-refractivity contribution in [1.29, 1.82) is 0 Å². The van der Waals surface area contributed by atoms with Gasteiger partial charge in [0.25, 0.3) is 0 Å². The van der Waals surface area contributed by atoms with Gasteiger partial charge in [-0.3, -0.25) is 0 Å². The number of anilines is 1. The zero-order valence-electron chi connectivity index (χ0n) is 11.8. The van der Waals surface area contributed by atoms with Crippen molar-refractivity contribution in [2.24, 2.45) is 0 Å². The standard InChI is InChI=1S/C13H22N4O2/c1-4-18-12-7-10(2)15-13(16-12)14-8-11-9-17(3)5-6-19-11/h7,11H,4-6,8-9H2,1-3H3,(H,14,15,16). The highest BCUT2D eigenvalue weighted by Gasteiger charge is 2.17. The van der Waals surface area contributed by atoms with E-state index < -0.39 is 0 Å². The molecule has 6 nitrogen and oxygen atoms in total. The number of rotatable bonds is 5. The fourth-order valence-corrected chi connectivity index (χ4v) is 2.04. The molecule has 1 aromatic heterocycles. The minimum absolute atomic E-state index is 0.179. The second kappa shape index (κ2) is 6.68. The van der Waals surface area contributed by atoms with E-state index in [1.54, 1.807) is 0 Å². The third-order valence-corrected chi connectivity index (χ3v) is 2.95. The molecule has 0 spiro atoms. The first kappa shape index (κ1) is 14.0. The molecule has 1 fully saturated rings. The van der Waals surface area contributed by atoms with Gasteiger partial charge in [0, 0.05) is 31.4 Å². The van der Waals surface area contributed by atoms with Crippen LogP contribution in [0, 0.1) is 6.92 Å². The van der Waals surface area contributed by atoms with Gasteiger partial charge in [0.05, 0.1) is 19.3 Å². The van der Waals surface area contributed by atoms with Gasteiger partial charge in [-0.05, 0) is 20.9 Å². The molecule has 1 unspecified atom stereocenters. The normalized spacial score (nSPS) is 20.3. The summed E-state index contributed by atoms with van der Waals surface area (Å²) in [5, 5.41) is 3.22. The minimum atomic E-state index is 0.179. The number of likely N-dealkylation sites (N-methyl/N-ethyl adjacent to an activating group) is 1. The first-order valence-corrected chi connectivity index (χ1v) is 6.70. The SMILES string of the molecule is CCOc1cc(C)nc(NCC2CN(C)CCO2)n1. The van der Waals surface area contributed by atoms with Crippen LogP contribution in [0.4, 0.5) is 5.95 Å². The molecule has 0 aromatic carbocycles. The van der Waals surface area contributed by atoms with E-state index >= 15 is 0 Å². The molecule has 0 aliphatic carbocycles. The molecule has 1 N–H and O–H groups in total. The van der Waals surface area contributed by atoms with E-state index in [1.165, 1.54) is 0 Å². The summed E-state index contributed by atoms with van der Waals surface area (Å²) >= 11 is 0. The van der Waals surface area contributed by atoms with Crippen molar-refractivity contribution in [1.82, 2.24) is 14.9 Å². The van der Waals surface area contributed by atoms with Crippen molar-refractivity contribution in [2.45, 2.75) is 20.0 Å². The quantitative estimate of drug-likeness (QED) is 0.855. The Hall–Kier alpha value is -1.40. The lowest BCUT2D eigenvalue weighted by atomic mass is 10.3. The van der Waals surface area contributed by atoms with Gasteiger partial charge in [0.2, 0.25) is 11.8 Å². The highest BCUT2D eigenvalue weighted by molar-refractivity contribution is 5.30. The maximum Gasteiger partial charge on any atom is 0.226 e. The molecule has 19 heavy (non-hydrogen) atoms. The van der Waals surface area contributed by atoms with Crippen LogP contribution in [-0.4, -0.2) is 60.9 Å². The van der Waals surface area contributed by atoms with E-state index in [4.69, 9.17) is 9.47 Å². The topological polar surface area (TPSA) is 59.5 Å². The lowest BCUT2D eigenvalue weighted by Crippen LogP contribution is -2.43. The third-order valence-electron chi connectivity index (χ3n) is 2.95. The molecule has 2 rings (SSSR count). The molecule has 0 radical (unpaired) electrons. The molecule has 1 aromatic rings. The van der Waals surface area contributed by atoms with Crippen molar-refractivity contribution in [3.05, 3.63) is 11.8 Å². The van der Waals surface area contributed by atoms with Crippen LogP contribution in [0.25, 0.3) is 0 Å².